The minimum atomic E-state index is -0.0615. The van der Waals surface area contributed by atoms with Gasteiger partial charge in [0.1, 0.15) is 0 Å². The van der Waals surface area contributed by atoms with Crippen molar-refractivity contribution in [3.05, 3.63) is 211 Å². The smallest absolute Gasteiger partial charge is 0.0620 e. The highest BCUT2D eigenvalue weighted by Gasteiger charge is 2.29. The molecule has 1 heterocycles. The number of aromatic nitrogens is 1. The molecule has 0 bridgehead atoms. The van der Waals surface area contributed by atoms with E-state index in [0.29, 0.717) is 0 Å². The number of benzene rings is 12. The molecule has 0 aliphatic rings. The van der Waals surface area contributed by atoms with Gasteiger partial charge in [0.25, 0.3) is 0 Å². The van der Waals surface area contributed by atoms with Gasteiger partial charge in [0, 0.05) is 21.7 Å². The summed E-state index contributed by atoms with van der Waals surface area (Å²) in [5, 5.41) is 19.4. The first-order valence-corrected chi connectivity index (χ1v) is 23.8. The van der Waals surface area contributed by atoms with Crippen molar-refractivity contribution >= 4 is 86.3 Å². The molecule has 0 amide bonds. The Kier molecular flexibility index (Phi) is 8.50. The second-order valence-corrected chi connectivity index (χ2v) is 20.8. The first-order valence-electron chi connectivity index (χ1n) is 23.8. The van der Waals surface area contributed by atoms with E-state index in [4.69, 9.17) is 0 Å². The first-order chi connectivity index (χ1) is 32.5. The van der Waals surface area contributed by atoms with Crippen LogP contribution in [0, 0.1) is 0 Å². The van der Waals surface area contributed by atoms with Crippen LogP contribution in [-0.4, -0.2) is 4.57 Å². The Morgan fingerprint density at radius 3 is 1.51 bits per heavy atom. The second kappa shape index (κ2) is 14.4. The number of hydrogen-bond acceptors (Lipinski definition) is 0. The Morgan fingerprint density at radius 1 is 0.313 bits per heavy atom. The molecule has 12 aromatic carbocycles. The zero-order valence-electron chi connectivity index (χ0n) is 39.0. The van der Waals surface area contributed by atoms with Crippen molar-refractivity contribution < 1.29 is 0 Å². The maximum absolute atomic E-state index is 2.60. The van der Waals surface area contributed by atoms with Crippen LogP contribution in [0.15, 0.2) is 200 Å². The zero-order valence-corrected chi connectivity index (χ0v) is 39.0. The molecule has 1 heteroatoms. The maximum atomic E-state index is 2.60. The summed E-state index contributed by atoms with van der Waals surface area (Å²) in [6.07, 6.45) is 0. The van der Waals surface area contributed by atoms with Gasteiger partial charge in [0.15, 0.2) is 0 Å². The fraction of sp³-hybridized carbons (Fsp3) is 0.121. The van der Waals surface area contributed by atoms with E-state index < -0.39 is 0 Å². The summed E-state index contributed by atoms with van der Waals surface area (Å²) in [4.78, 5) is 0. The van der Waals surface area contributed by atoms with E-state index in [-0.39, 0.29) is 10.8 Å². The number of nitrogens with zero attached hydrogens (tertiary/aromatic N) is 1. The first kappa shape index (κ1) is 39.6. The second-order valence-electron chi connectivity index (χ2n) is 20.8. The highest BCUT2D eigenvalue weighted by Crippen LogP contribution is 2.50. The van der Waals surface area contributed by atoms with Crippen LogP contribution in [0.2, 0.25) is 0 Å². The third-order valence-electron chi connectivity index (χ3n) is 14.7. The van der Waals surface area contributed by atoms with Crippen LogP contribution in [0.4, 0.5) is 0 Å². The quantitative estimate of drug-likeness (QED) is 0.123. The molecule has 0 fully saturated rings. The lowest BCUT2D eigenvalue weighted by Crippen LogP contribution is -2.17. The summed E-state index contributed by atoms with van der Waals surface area (Å²) in [5.74, 6) is 0. The number of hydrogen-bond donors (Lipinski definition) is 0. The molecule has 13 rings (SSSR count). The van der Waals surface area contributed by atoms with Gasteiger partial charge in [0.2, 0.25) is 0 Å². The molecule has 0 atom stereocenters. The molecular formula is C66H51N. The summed E-state index contributed by atoms with van der Waals surface area (Å²) >= 11 is 0. The summed E-state index contributed by atoms with van der Waals surface area (Å²) in [6.45, 7) is 14.2. The van der Waals surface area contributed by atoms with Crippen molar-refractivity contribution in [1.82, 2.24) is 4.57 Å². The molecule has 0 saturated heterocycles. The monoisotopic (exact) mass is 857 g/mol. The molecule has 320 valence electrons. The fourth-order valence-electron chi connectivity index (χ4n) is 12.1. The Hall–Kier alpha value is -7.74. The van der Waals surface area contributed by atoms with Crippen LogP contribution in [0.1, 0.15) is 52.7 Å². The van der Waals surface area contributed by atoms with Crippen LogP contribution in [0.25, 0.3) is 126 Å². The third kappa shape index (κ3) is 5.87. The molecule has 0 aliphatic heterocycles. The van der Waals surface area contributed by atoms with Gasteiger partial charge in [-0.05, 0) is 121 Å². The summed E-state index contributed by atoms with van der Waals surface area (Å²) in [7, 11) is 0. The van der Waals surface area contributed by atoms with E-state index in [0.717, 1.165) is 0 Å². The predicted octanol–water partition coefficient (Wildman–Crippen LogP) is 18.7. The van der Waals surface area contributed by atoms with Crippen molar-refractivity contribution in [2.24, 2.45) is 0 Å². The van der Waals surface area contributed by atoms with E-state index in [1.807, 2.05) is 0 Å². The Labute approximate surface area is 391 Å². The zero-order chi connectivity index (χ0) is 45.3. The normalized spacial score (nSPS) is 12.6. The van der Waals surface area contributed by atoms with Crippen molar-refractivity contribution in [3.8, 4) is 39.2 Å². The SMILES string of the molecule is CC(C)(C)c1c2ccccc2c(C(C)(C)C)c2cc(-c3cccc4c3ccc3c4ccc4c(-c5ccccc5)c(-c5ccccc5)n(-c5ccc6ccc7cccc8ccc5c6c78)c43)ccc12. The van der Waals surface area contributed by atoms with Crippen molar-refractivity contribution in [2.75, 3.05) is 0 Å². The van der Waals surface area contributed by atoms with Crippen LogP contribution in [0.3, 0.4) is 0 Å². The topological polar surface area (TPSA) is 4.93 Å². The van der Waals surface area contributed by atoms with Gasteiger partial charge in [0.05, 0.1) is 16.9 Å². The molecule has 0 spiro atoms. The van der Waals surface area contributed by atoms with E-state index in [2.05, 4.69) is 246 Å². The lowest BCUT2D eigenvalue weighted by molar-refractivity contribution is 0.593. The summed E-state index contributed by atoms with van der Waals surface area (Å²) in [6, 6.07) is 75.5. The van der Waals surface area contributed by atoms with Gasteiger partial charge in [-0.15, -0.1) is 0 Å². The van der Waals surface area contributed by atoms with E-state index in [1.54, 1.807) is 0 Å². The summed E-state index contributed by atoms with van der Waals surface area (Å²) < 4.78 is 2.60. The highest BCUT2D eigenvalue weighted by atomic mass is 15.0. The minimum absolute atomic E-state index is 0.0322. The van der Waals surface area contributed by atoms with Gasteiger partial charge in [-0.1, -0.05) is 230 Å². The predicted molar refractivity (Wildman–Crippen MR) is 291 cm³/mol. The van der Waals surface area contributed by atoms with Crippen LogP contribution in [0.5, 0.6) is 0 Å². The molecule has 0 radical (unpaired) electrons. The van der Waals surface area contributed by atoms with Gasteiger partial charge >= 0.3 is 0 Å². The van der Waals surface area contributed by atoms with E-state index in [9.17, 15) is 0 Å². The van der Waals surface area contributed by atoms with Crippen LogP contribution < -0.4 is 0 Å². The van der Waals surface area contributed by atoms with Crippen LogP contribution >= 0.6 is 0 Å². The van der Waals surface area contributed by atoms with Gasteiger partial charge < -0.3 is 4.57 Å². The Balaban J connectivity index is 1.13. The molecule has 1 nitrogen and oxygen atoms in total. The minimum Gasteiger partial charge on any atom is -0.307 e. The largest absolute Gasteiger partial charge is 0.307 e. The molecule has 0 N–H and O–H groups in total. The lowest BCUT2D eigenvalue weighted by Gasteiger charge is -2.30. The van der Waals surface area contributed by atoms with E-state index >= 15 is 0 Å². The van der Waals surface area contributed by atoms with Crippen molar-refractivity contribution in [1.29, 1.82) is 0 Å². The van der Waals surface area contributed by atoms with Gasteiger partial charge in [-0.2, -0.15) is 0 Å². The molecule has 1 aromatic heterocycles. The summed E-state index contributed by atoms with van der Waals surface area (Å²) in [5.41, 5.74) is 12.5. The molecule has 13 aromatic rings. The maximum Gasteiger partial charge on any atom is 0.0620 e. The number of fused-ring (bicyclic) bond motifs is 7. The average molecular weight is 858 g/mol. The molecule has 0 unspecified atom stereocenters. The molecule has 0 saturated carbocycles. The van der Waals surface area contributed by atoms with Crippen molar-refractivity contribution in [3.63, 3.8) is 0 Å². The highest BCUT2D eigenvalue weighted by molar-refractivity contribution is 6.27. The van der Waals surface area contributed by atoms with Crippen LogP contribution in [-0.2, 0) is 10.8 Å². The number of rotatable bonds is 4. The molecule has 67 heavy (non-hydrogen) atoms. The molecule has 0 aliphatic carbocycles. The van der Waals surface area contributed by atoms with Gasteiger partial charge in [-0.25, -0.2) is 0 Å². The molecular weight excluding hydrogens is 807 g/mol. The third-order valence-corrected chi connectivity index (χ3v) is 14.7. The Morgan fingerprint density at radius 2 is 0.806 bits per heavy atom. The standard InChI is InChI=1S/C66H51N/c1-65(2,3)61-50-23-13-14-24-51(50)62(66(4,5)6)56-39-45(30-32-52(56)61)46-25-16-26-47-48(46)34-36-53-49(47)35-37-55-60(40-17-9-7-10-18-40)63(44-19-11-8-12-20-44)67(64(53)55)57-38-31-43-28-27-41-21-15-22-42-29-33-54(57)59(43)58(41)42/h7-39H,1-6H3. The average Bonchev–Trinajstić information content (AvgIpc) is 3.69. The lowest BCUT2D eigenvalue weighted by atomic mass is 9.73. The van der Waals surface area contributed by atoms with E-state index in [1.165, 1.54) is 137 Å². The fourth-order valence-corrected chi connectivity index (χ4v) is 12.1. The Bertz CT molecular complexity index is 4120. The van der Waals surface area contributed by atoms with Gasteiger partial charge in [-0.3, -0.25) is 0 Å². The van der Waals surface area contributed by atoms with Crippen molar-refractivity contribution in [2.45, 2.75) is 52.4 Å².